The number of rotatable bonds is 4. The number of hydrogen-bond donors (Lipinski definition) is 1. The van der Waals surface area contributed by atoms with Gasteiger partial charge in [0.2, 0.25) is 5.95 Å². The van der Waals surface area contributed by atoms with Crippen LogP contribution in [0.1, 0.15) is 51.1 Å². The van der Waals surface area contributed by atoms with E-state index in [0.29, 0.717) is 17.6 Å². The second-order valence-corrected chi connectivity index (χ2v) is 6.66. The Morgan fingerprint density at radius 1 is 1.24 bits per heavy atom. The van der Waals surface area contributed by atoms with Gasteiger partial charge < -0.3 is 10.1 Å². The lowest BCUT2D eigenvalue weighted by atomic mass is 9.93. The van der Waals surface area contributed by atoms with E-state index < -0.39 is 0 Å². The molecule has 130 valence electrons. The van der Waals surface area contributed by atoms with Gasteiger partial charge >= 0.3 is 0 Å². The van der Waals surface area contributed by atoms with Gasteiger partial charge in [0.05, 0.1) is 6.10 Å². The molecular formula is C18H21N5O2. The highest BCUT2D eigenvalue weighted by molar-refractivity contribution is 5.96. The number of carbonyl (C=O) groups is 1. The normalized spacial score (nSPS) is 20.3. The molecule has 0 spiro atoms. The first-order chi connectivity index (χ1) is 12.1. The van der Waals surface area contributed by atoms with Crippen molar-refractivity contribution in [2.45, 2.75) is 51.7 Å². The van der Waals surface area contributed by atoms with Crippen molar-refractivity contribution in [1.82, 2.24) is 20.2 Å². The molecule has 1 fully saturated rings. The van der Waals surface area contributed by atoms with Crippen LogP contribution in [0.25, 0.3) is 0 Å². The zero-order valence-electron chi connectivity index (χ0n) is 14.4. The number of aromatic nitrogens is 4. The second kappa shape index (κ2) is 6.31. The van der Waals surface area contributed by atoms with Crippen LogP contribution in [0.3, 0.4) is 0 Å². The topological polar surface area (TPSA) is 81.9 Å². The van der Waals surface area contributed by atoms with Gasteiger partial charge in [-0.05, 0) is 67.7 Å². The number of ether oxygens (including phenoxy) is 1. The summed E-state index contributed by atoms with van der Waals surface area (Å²) in [6.07, 6.45) is 5.06. The first kappa shape index (κ1) is 15.8. The maximum absolute atomic E-state index is 12.2. The van der Waals surface area contributed by atoms with Crippen molar-refractivity contribution in [1.29, 1.82) is 0 Å². The van der Waals surface area contributed by atoms with Gasteiger partial charge in [-0.3, -0.25) is 4.79 Å². The van der Waals surface area contributed by atoms with E-state index >= 15 is 0 Å². The first-order valence-electron chi connectivity index (χ1n) is 8.66. The highest BCUT2D eigenvalue weighted by Gasteiger charge is 2.32. The lowest BCUT2D eigenvalue weighted by Crippen LogP contribution is -2.27. The average molecular weight is 339 g/mol. The summed E-state index contributed by atoms with van der Waals surface area (Å²) >= 11 is 0. The van der Waals surface area contributed by atoms with Gasteiger partial charge in [0.1, 0.15) is 11.8 Å². The van der Waals surface area contributed by atoms with Gasteiger partial charge in [-0.2, -0.15) is 4.68 Å². The van der Waals surface area contributed by atoms with E-state index in [1.165, 1.54) is 12.8 Å². The Labute approximate surface area is 146 Å². The first-order valence-corrected chi connectivity index (χ1v) is 8.66. The maximum atomic E-state index is 12.2. The second-order valence-electron chi connectivity index (χ2n) is 6.66. The molecule has 1 N–H and O–H groups in total. The van der Waals surface area contributed by atoms with Gasteiger partial charge in [0, 0.05) is 11.3 Å². The SMILES string of the molecule is CC(=O)C1=C(C)Nc2nnnn2[C@@H]1c1ccc(OC2CCCC2)cc1. The summed E-state index contributed by atoms with van der Waals surface area (Å²) in [6.45, 7) is 3.44. The number of fused-ring (bicyclic) bond motifs is 1. The van der Waals surface area contributed by atoms with Crippen molar-refractivity contribution < 1.29 is 9.53 Å². The third-order valence-electron chi connectivity index (χ3n) is 4.89. The summed E-state index contributed by atoms with van der Waals surface area (Å²) in [5.41, 5.74) is 2.41. The van der Waals surface area contributed by atoms with Crippen LogP contribution in [0.5, 0.6) is 5.75 Å². The Kier molecular flexibility index (Phi) is 3.99. The molecule has 0 amide bonds. The van der Waals surface area contributed by atoms with Crippen LogP contribution >= 0.6 is 0 Å². The zero-order valence-corrected chi connectivity index (χ0v) is 14.4. The van der Waals surface area contributed by atoms with Gasteiger partial charge in [-0.1, -0.05) is 17.2 Å². The number of tetrazole rings is 1. The van der Waals surface area contributed by atoms with Crippen LogP contribution in [0, 0.1) is 0 Å². The number of hydrogen-bond acceptors (Lipinski definition) is 6. The standard InChI is InChI=1S/C18H21N5O2/c1-11-16(12(2)24)17(23-18(19-11)20-21-22-23)13-7-9-15(10-8-13)25-14-5-3-4-6-14/h7-10,14,17H,3-6H2,1-2H3,(H,19,20,22)/t17-/m1/s1. The number of allylic oxidation sites excluding steroid dienone is 2. The lowest BCUT2D eigenvalue weighted by molar-refractivity contribution is -0.114. The molecule has 7 heteroatoms. The summed E-state index contributed by atoms with van der Waals surface area (Å²) in [4.78, 5) is 12.2. The fourth-order valence-electron chi connectivity index (χ4n) is 3.70. The van der Waals surface area contributed by atoms with Gasteiger partial charge in [-0.25, -0.2) is 0 Å². The molecule has 0 saturated heterocycles. The summed E-state index contributed by atoms with van der Waals surface area (Å²) in [5.74, 6) is 1.41. The molecule has 1 aromatic heterocycles. The van der Waals surface area contributed by atoms with Gasteiger partial charge in [-0.15, -0.1) is 0 Å². The molecule has 2 heterocycles. The van der Waals surface area contributed by atoms with E-state index in [2.05, 4.69) is 20.8 Å². The predicted octanol–water partition coefficient (Wildman–Crippen LogP) is 2.87. The minimum Gasteiger partial charge on any atom is -0.490 e. The molecule has 0 radical (unpaired) electrons. The highest BCUT2D eigenvalue weighted by Crippen LogP contribution is 2.35. The fourth-order valence-corrected chi connectivity index (χ4v) is 3.70. The fraction of sp³-hybridized carbons (Fsp3) is 0.444. The quantitative estimate of drug-likeness (QED) is 0.922. The smallest absolute Gasteiger partial charge is 0.248 e. The molecule has 25 heavy (non-hydrogen) atoms. The largest absolute Gasteiger partial charge is 0.490 e. The third kappa shape index (κ3) is 2.90. The third-order valence-corrected chi connectivity index (χ3v) is 4.89. The van der Waals surface area contributed by atoms with Crippen LogP contribution in [-0.2, 0) is 4.79 Å². The van der Waals surface area contributed by atoms with Crippen molar-refractivity contribution in [3.8, 4) is 5.75 Å². The summed E-state index contributed by atoms with van der Waals surface area (Å²) in [6, 6.07) is 7.58. The molecule has 1 aliphatic heterocycles. The summed E-state index contributed by atoms with van der Waals surface area (Å²) in [7, 11) is 0. The minimum atomic E-state index is -0.329. The van der Waals surface area contributed by atoms with Crippen molar-refractivity contribution >= 4 is 11.7 Å². The Bertz CT molecular complexity index is 818. The van der Waals surface area contributed by atoms with Crippen LogP contribution in [-0.4, -0.2) is 32.1 Å². The number of ketones is 1. The van der Waals surface area contributed by atoms with E-state index in [4.69, 9.17) is 4.74 Å². The minimum absolute atomic E-state index is 0.00225. The highest BCUT2D eigenvalue weighted by atomic mass is 16.5. The maximum Gasteiger partial charge on any atom is 0.248 e. The van der Waals surface area contributed by atoms with Crippen molar-refractivity contribution in [2.24, 2.45) is 0 Å². The molecule has 1 aromatic carbocycles. The predicted molar refractivity (Wildman–Crippen MR) is 92.3 cm³/mol. The van der Waals surface area contributed by atoms with E-state index in [0.717, 1.165) is 29.9 Å². The summed E-state index contributed by atoms with van der Waals surface area (Å²) in [5, 5.41) is 14.9. The molecule has 1 aliphatic carbocycles. The van der Waals surface area contributed by atoms with Crippen molar-refractivity contribution in [3.63, 3.8) is 0 Å². The molecule has 2 aromatic rings. The van der Waals surface area contributed by atoms with E-state index in [-0.39, 0.29) is 11.8 Å². The summed E-state index contributed by atoms with van der Waals surface area (Å²) < 4.78 is 7.68. The number of Topliss-reactive ketones (excluding diaryl/α,β-unsaturated/α-hetero) is 1. The molecule has 0 unspecified atom stereocenters. The van der Waals surface area contributed by atoms with E-state index in [1.54, 1.807) is 11.6 Å². The Morgan fingerprint density at radius 2 is 1.96 bits per heavy atom. The average Bonchev–Trinajstić information content (AvgIpc) is 3.25. The van der Waals surface area contributed by atoms with Crippen LogP contribution in [0.2, 0.25) is 0 Å². The Balaban J connectivity index is 1.66. The zero-order chi connectivity index (χ0) is 17.4. The number of nitrogens with zero attached hydrogens (tertiary/aromatic N) is 4. The Morgan fingerprint density at radius 3 is 2.64 bits per heavy atom. The van der Waals surface area contributed by atoms with Crippen LogP contribution < -0.4 is 10.1 Å². The molecule has 0 bridgehead atoms. The number of benzene rings is 1. The Hall–Kier alpha value is -2.70. The van der Waals surface area contributed by atoms with Gasteiger partial charge in [0.25, 0.3) is 0 Å². The van der Waals surface area contributed by atoms with Crippen molar-refractivity contribution in [2.75, 3.05) is 5.32 Å². The molecule has 1 atom stereocenters. The van der Waals surface area contributed by atoms with Gasteiger partial charge in [0.15, 0.2) is 5.78 Å². The van der Waals surface area contributed by atoms with Crippen LogP contribution in [0.4, 0.5) is 5.95 Å². The molecule has 1 saturated carbocycles. The van der Waals surface area contributed by atoms with E-state index in [9.17, 15) is 4.79 Å². The number of carbonyl (C=O) groups excluding carboxylic acids is 1. The lowest BCUT2D eigenvalue weighted by Gasteiger charge is -2.27. The monoisotopic (exact) mass is 339 g/mol. The van der Waals surface area contributed by atoms with Crippen molar-refractivity contribution in [3.05, 3.63) is 41.1 Å². The van der Waals surface area contributed by atoms with Crippen LogP contribution in [0.15, 0.2) is 35.5 Å². The van der Waals surface area contributed by atoms with E-state index in [1.807, 2.05) is 31.2 Å². The molecule has 2 aliphatic rings. The molecule has 7 nitrogen and oxygen atoms in total. The molecule has 4 rings (SSSR count). The molecular weight excluding hydrogens is 318 g/mol. The number of anilines is 1. The number of nitrogens with one attached hydrogen (secondary N) is 1.